The van der Waals surface area contributed by atoms with Crippen LogP contribution < -0.4 is 11.1 Å². The van der Waals surface area contributed by atoms with Crippen molar-refractivity contribution in [2.45, 2.75) is 44.1 Å². The van der Waals surface area contributed by atoms with Crippen molar-refractivity contribution in [1.29, 1.82) is 0 Å². The zero-order valence-electron chi connectivity index (χ0n) is 16.7. The normalized spacial score (nSPS) is 13.9. The highest BCUT2D eigenvalue weighted by molar-refractivity contribution is 7.09. The standard InChI is InChI=1S/C23H27N3O3S/c24-21(18-11-5-2-6-12-18)22(26-23(28)29-15-19-14-25-16-30-19)20(27)13-7-10-17-8-3-1-4-9-17/h1-6,8-9,11-12,14,16,20-22,27H,7,10,13,15,24H2,(H,26,28). The maximum Gasteiger partial charge on any atom is 0.407 e. The summed E-state index contributed by atoms with van der Waals surface area (Å²) in [6, 6.07) is 18.3. The summed E-state index contributed by atoms with van der Waals surface area (Å²) < 4.78 is 5.28. The van der Waals surface area contributed by atoms with E-state index in [2.05, 4.69) is 22.4 Å². The molecule has 3 unspecified atom stereocenters. The van der Waals surface area contributed by atoms with Crippen LogP contribution in [0.4, 0.5) is 4.79 Å². The zero-order chi connectivity index (χ0) is 21.2. The number of benzene rings is 2. The molecule has 4 N–H and O–H groups in total. The Hall–Kier alpha value is -2.74. The van der Waals surface area contributed by atoms with E-state index >= 15 is 0 Å². The molecule has 0 aliphatic heterocycles. The molecule has 1 heterocycles. The predicted molar refractivity (Wildman–Crippen MR) is 118 cm³/mol. The molecule has 0 radical (unpaired) electrons. The summed E-state index contributed by atoms with van der Waals surface area (Å²) in [6.07, 6.45) is 2.38. The molecule has 2 aromatic carbocycles. The number of aliphatic hydroxyl groups excluding tert-OH is 1. The smallest absolute Gasteiger partial charge is 0.407 e. The first-order valence-electron chi connectivity index (χ1n) is 9.96. The van der Waals surface area contributed by atoms with Crippen molar-refractivity contribution in [3.8, 4) is 0 Å². The highest BCUT2D eigenvalue weighted by atomic mass is 32.1. The van der Waals surface area contributed by atoms with Gasteiger partial charge in [-0.1, -0.05) is 60.7 Å². The van der Waals surface area contributed by atoms with Gasteiger partial charge in [0.25, 0.3) is 0 Å². The summed E-state index contributed by atoms with van der Waals surface area (Å²) in [4.78, 5) is 17.2. The van der Waals surface area contributed by atoms with Crippen LogP contribution >= 0.6 is 11.3 Å². The van der Waals surface area contributed by atoms with Crippen LogP contribution in [0.1, 0.15) is 34.9 Å². The number of alkyl carbamates (subject to hydrolysis) is 1. The van der Waals surface area contributed by atoms with Gasteiger partial charge in [-0.05, 0) is 30.4 Å². The average molecular weight is 426 g/mol. The quantitative estimate of drug-likeness (QED) is 0.459. The number of aromatic nitrogens is 1. The molecule has 0 fully saturated rings. The Balaban J connectivity index is 1.61. The maximum absolute atomic E-state index is 12.4. The van der Waals surface area contributed by atoms with Gasteiger partial charge in [0.1, 0.15) is 6.61 Å². The molecule has 1 aromatic heterocycles. The minimum atomic E-state index is -0.806. The molecule has 3 aromatic rings. The molecule has 0 bridgehead atoms. The summed E-state index contributed by atoms with van der Waals surface area (Å²) in [5.41, 5.74) is 10.2. The second-order valence-corrected chi connectivity index (χ2v) is 8.07. The van der Waals surface area contributed by atoms with Crippen molar-refractivity contribution in [3.05, 3.63) is 88.4 Å². The molecule has 0 saturated heterocycles. The van der Waals surface area contributed by atoms with Crippen LogP contribution in [0.25, 0.3) is 0 Å². The monoisotopic (exact) mass is 425 g/mol. The number of rotatable bonds is 10. The molecule has 30 heavy (non-hydrogen) atoms. The van der Waals surface area contributed by atoms with Gasteiger partial charge in [-0.25, -0.2) is 4.79 Å². The Morgan fingerprint density at radius 1 is 1.13 bits per heavy atom. The Morgan fingerprint density at radius 2 is 1.83 bits per heavy atom. The lowest BCUT2D eigenvalue weighted by Crippen LogP contribution is -2.50. The van der Waals surface area contributed by atoms with Gasteiger partial charge in [0, 0.05) is 6.20 Å². The number of hydrogen-bond donors (Lipinski definition) is 3. The average Bonchev–Trinajstić information content (AvgIpc) is 3.30. The Labute approximate surface area is 180 Å². The van der Waals surface area contributed by atoms with Crippen molar-refractivity contribution in [3.63, 3.8) is 0 Å². The van der Waals surface area contributed by atoms with E-state index in [-0.39, 0.29) is 6.61 Å². The van der Waals surface area contributed by atoms with Gasteiger partial charge in [0.05, 0.1) is 28.6 Å². The summed E-state index contributed by atoms with van der Waals surface area (Å²) in [5, 5.41) is 13.6. The zero-order valence-corrected chi connectivity index (χ0v) is 17.5. The van der Waals surface area contributed by atoms with E-state index < -0.39 is 24.3 Å². The fourth-order valence-corrected chi connectivity index (χ4v) is 3.78. The molecule has 0 aliphatic carbocycles. The van der Waals surface area contributed by atoms with Gasteiger partial charge < -0.3 is 20.9 Å². The molecule has 158 valence electrons. The van der Waals surface area contributed by atoms with Crippen LogP contribution in [0.15, 0.2) is 72.4 Å². The van der Waals surface area contributed by atoms with Crippen molar-refractivity contribution < 1.29 is 14.6 Å². The molecule has 3 rings (SSSR count). The fourth-order valence-electron chi connectivity index (χ4n) is 3.28. The Bertz CT molecular complexity index is 875. The number of nitrogens with zero attached hydrogens (tertiary/aromatic N) is 1. The minimum absolute atomic E-state index is 0.133. The van der Waals surface area contributed by atoms with E-state index in [4.69, 9.17) is 10.5 Å². The van der Waals surface area contributed by atoms with Crippen LogP contribution in [0.2, 0.25) is 0 Å². The lowest BCUT2D eigenvalue weighted by molar-refractivity contribution is 0.0867. The number of nitrogens with two attached hydrogens (primary N) is 1. The highest BCUT2D eigenvalue weighted by Gasteiger charge is 2.29. The molecule has 0 aliphatic rings. The number of aryl methyl sites for hydroxylation is 1. The third kappa shape index (κ3) is 6.66. The van der Waals surface area contributed by atoms with Crippen molar-refractivity contribution in [2.24, 2.45) is 5.73 Å². The van der Waals surface area contributed by atoms with E-state index in [0.717, 1.165) is 23.3 Å². The van der Waals surface area contributed by atoms with Gasteiger partial charge in [-0.3, -0.25) is 4.98 Å². The third-order valence-electron chi connectivity index (χ3n) is 4.91. The number of ether oxygens (including phenoxy) is 1. The van der Waals surface area contributed by atoms with Crippen molar-refractivity contribution in [2.75, 3.05) is 0 Å². The number of aliphatic hydroxyl groups is 1. The lowest BCUT2D eigenvalue weighted by atomic mass is 9.93. The van der Waals surface area contributed by atoms with Gasteiger partial charge in [0.2, 0.25) is 0 Å². The van der Waals surface area contributed by atoms with Crippen LogP contribution in [0, 0.1) is 0 Å². The molecule has 0 saturated carbocycles. The van der Waals surface area contributed by atoms with Crippen molar-refractivity contribution in [1.82, 2.24) is 10.3 Å². The number of hydrogen-bond acceptors (Lipinski definition) is 6. The summed E-state index contributed by atoms with van der Waals surface area (Å²) in [5.74, 6) is 0. The minimum Gasteiger partial charge on any atom is -0.444 e. The van der Waals surface area contributed by atoms with E-state index in [1.807, 2.05) is 48.5 Å². The van der Waals surface area contributed by atoms with Gasteiger partial charge in [-0.15, -0.1) is 11.3 Å². The molecule has 7 heteroatoms. The molecular weight excluding hydrogens is 398 g/mol. The lowest BCUT2D eigenvalue weighted by Gasteiger charge is -2.29. The van der Waals surface area contributed by atoms with E-state index in [9.17, 15) is 9.90 Å². The highest BCUT2D eigenvalue weighted by Crippen LogP contribution is 2.20. The molecule has 1 amide bonds. The first-order valence-corrected chi connectivity index (χ1v) is 10.8. The van der Waals surface area contributed by atoms with E-state index in [0.29, 0.717) is 6.42 Å². The largest absolute Gasteiger partial charge is 0.444 e. The number of nitrogens with one attached hydrogen (secondary N) is 1. The topological polar surface area (TPSA) is 97.5 Å². The van der Waals surface area contributed by atoms with Crippen LogP contribution in [-0.2, 0) is 17.8 Å². The first-order chi connectivity index (χ1) is 14.6. The summed E-state index contributed by atoms with van der Waals surface area (Å²) >= 11 is 1.41. The van der Waals surface area contributed by atoms with Crippen LogP contribution in [0.5, 0.6) is 0 Å². The van der Waals surface area contributed by atoms with Gasteiger partial charge in [0.15, 0.2) is 0 Å². The van der Waals surface area contributed by atoms with Gasteiger partial charge in [-0.2, -0.15) is 0 Å². The van der Waals surface area contributed by atoms with Gasteiger partial charge >= 0.3 is 6.09 Å². The van der Waals surface area contributed by atoms with E-state index in [1.54, 1.807) is 11.7 Å². The van der Waals surface area contributed by atoms with Crippen molar-refractivity contribution >= 4 is 17.4 Å². The molecular formula is C23H27N3O3S. The number of carbonyl (C=O) groups excluding carboxylic acids is 1. The SMILES string of the molecule is NC(c1ccccc1)C(NC(=O)OCc1cncs1)C(O)CCCc1ccccc1. The number of carbonyl (C=O) groups is 1. The number of amides is 1. The second kappa shape index (κ2) is 11.4. The summed E-state index contributed by atoms with van der Waals surface area (Å²) in [6.45, 7) is 0.133. The fraction of sp³-hybridized carbons (Fsp3) is 0.304. The molecule has 6 nitrogen and oxygen atoms in total. The van der Waals surface area contributed by atoms with E-state index in [1.165, 1.54) is 16.9 Å². The predicted octanol–water partition coefficient (Wildman–Crippen LogP) is 3.82. The molecule has 0 spiro atoms. The Kier molecular flexibility index (Phi) is 8.38. The third-order valence-corrected chi connectivity index (χ3v) is 5.66. The van der Waals surface area contributed by atoms with Crippen LogP contribution in [0.3, 0.4) is 0 Å². The summed E-state index contributed by atoms with van der Waals surface area (Å²) in [7, 11) is 0. The number of thiazole rings is 1. The maximum atomic E-state index is 12.4. The van der Waals surface area contributed by atoms with Crippen LogP contribution in [-0.4, -0.2) is 28.3 Å². The molecule has 3 atom stereocenters. The second-order valence-electron chi connectivity index (χ2n) is 7.10. The first kappa shape index (κ1) is 22.0. The Morgan fingerprint density at radius 3 is 2.50 bits per heavy atom.